The number of piperidine rings is 1. The normalized spacial score (nSPS) is 23.5. The monoisotopic (exact) mass is 256 g/mol. The van der Waals surface area contributed by atoms with E-state index in [4.69, 9.17) is 4.74 Å². The summed E-state index contributed by atoms with van der Waals surface area (Å²) in [7, 11) is 0. The lowest BCUT2D eigenvalue weighted by Crippen LogP contribution is -2.49. The van der Waals surface area contributed by atoms with Gasteiger partial charge in [0.15, 0.2) is 0 Å². The van der Waals surface area contributed by atoms with E-state index in [9.17, 15) is 0 Å². The molecule has 2 atom stereocenters. The van der Waals surface area contributed by atoms with Gasteiger partial charge in [0.1, 0.15) is 0 Å². The standard InChI is InChI=1S/C15H32N2O/c1-5-9-16-15(13(3)4)12-17-10-7-8-14(11-17)18-6-2/h13-16H,5-12H2,1-4H3. The smallest absolute Gasteiger partial charge is 0.0702 e. The van der Waals surface area contributed by atoms with Crippen LogP contribution in [-0.2, 0) is 4.74 Å². The van der Waals surface area contributed by atoms with Crippen molar-refractivity contribution in [2.45, 2.75) is 59.1 Å². The van der Waals surface area contributed by atoms with Crippen LogP contribution < -0.4 is 5.32 Å². The van der Waals surface area contributed by atoms with Crippen LogP contribution in [0.2, 0.25) is 0 Å². The van der Waals surface area contributed by atoms with Gasteiger partial charge in [-0.05, 0) is 45.2 Å². The molecule has 0 aromatic carbocycles. The van der Waals surface area contributed by atoms with Crippen LogP contribution in [0, 0.1) is 5.92 Å². The minimum Gasteiger partial charge on any atom is -0.377 e. The molecule has 0 radical (unpaired) electrons. The minimum absolute atomic E-state index is 0.461. The zero-order chi connectivity index (χ0) is 13.4. The first-order chi connectivity index (χ1) is 8.67. The first-order valence-electron chi connectivity index (χ1n) is 7.74. The summed E-state index contributed by atoms with van der Waals surface area (Å²) in [6.45, 7) is 14.5. The van der Waals surface area contributed by atoms with Crippen LogP contribution in [0.1, 0.15) is 47.0 Å². The summed E-state index contributed by atoms with van der Waals surface area (Å²) in [5, 5.41) is 3.68. The molecule has 0 saturated carbocycles. The van der Waals surface area contributed by atoms with Crippen molar-refractivity contribution in [3.05, 3.63) is 0 Å². The summed E-state index contributed by atoms with van der Waals surface area (Å²) in [6.07, 6.45) is 4.19. The van der Waals surface area contributed by atoms with E-state index in [1.807, 2.05) is 0 Å². The van der Waals surface area contributed by atoms with Gasteiger partial charge < -0.3 is 10.1 Å². The Morgan fingerprint density at radius 2 is 2.11 bits per heavy atom. The van der Waals surface area contributed by atoms with Gasteiger partial charge in [-0.3, -0.25) is 4.90 Å². The molecule has 3 nitrogen and oxygen atoms in total. The van der Waals surface area contributed by atoms with Gasteiger partial charge in [0.25, 0.3) is 0 Å². The molecule has 2 unspecified atom stereocenters. The zero-order valence-corrected chi connectivity index (χ0v) is 12.7. The van der Waals surface area contributed by atoms with Gasteiger partial charge in [-0.25, -0.2) is 0 Å². The lowest BCUT2D eigenvalue weighted by atomic mass is 10.0. The molecule has 0 aliphatic carbocycles. The van der Waals surface area contributed by atoms with Crippen LogP contribution >= 0.6 is 0 Å². The Morgan fingerprint density at radius 3 is 2.72 bits per heavy atom. The van der Waals surface area contributed by atoms with Crippen LogP contribution in [0.15, 0.2) is 0 Å². The molecule has 0 aromatic rings. The summed E-state index contributed by atoms with van der Waals surface area (Å²) < 4.78 is 5.77. The van der Waals surface area contributed by atoms with Crippen molar-refractivity contribution in [2.24, 2.45) is 5.92 Å². The lowest BCUT2D eigenvalue weighted by Gasteiger charge is -2.36. The average molecular weight is 256 g/mol. The Morgan fingerprint density at radius 1 is 1.33 bits per heavy atom. The van der Waals surface area contributed by atoms with Gasteiger partial charge in [0.05, 0.1) is 6.10 Å². The number of ether oxygens (including phenoxy) is 1. The summed E-state index contributed by atoms with van der Waals surface area (Å²) in [4.78, 5) is 2.58. The second kappa shape index (κ2) is 8.89. The van der Waals surface area contributed by atoms with Crippen molar-refractivity contribution in [3.63, 3.8) is 0 Å². The molecule has 18 heavy (non-hydrogen) atoms. The SMILES string of the molecule is CCCNC(CN1CCCC(OCC)C1)C(C)C. The Kier molecular flexibility index (Phi) is 7.87. The topological polar surface area (TPSA) is 24.5 Å². The van der Waals surface area contributed by atoms with Crippen LogP contribution in [0.25, 0.3) is 0 Å². The fourth-order valence-electron chi connectivity index (χ4n) is 2.67. The largest absolute Gasteiger partial charge is 0.377 e. The third kappa shape index (κ3) is 5.68. The molecule has 0 amide bonds. The maximum Gasteiger partial charge on any atom is 0.0702 e. The van der Waals surface area contributed by atoms with Crippen LogP contribution in [0.3, 0.4) is 0 Å². The predicted octanol–water partition coefficient (Wildman–Crippen LogP) is 2.51. The second-order valence-corrected chi connectivity index (χ2v) is 5.78. The molecule has 1 aliphatic heterocycles. The highest BCUT2D eigenvalue weighted by molar-refractivity contribution is 4.80. The van der Waals surface area contributed by atoms with Gasteiger partial charge in [-0.2, -0.15) is 0 Å². The van der Waals surface area contributed by atoms with Gasteiger partial charge in [-0.1, -0.05) is 20.8 Å². The molecule has 3 heteroatoms. The number of rotatable bonds is 8. The summed E-state index contributed by atoms with van der Waals surface area (Å²) >= 11 is 0. The van der Waals surface area contributed by atoms with Crippen molar-refractivity contribution < 1.29 is 4.74 Å². The second-order valence-electron chi connectivity index (χ2n) is 5.78. The van der Waals surface area contributed by atoms with Crippen LogP contribution in [-0.4, -0.2) is 49.8 Å². The van der Waals surface area contributed by atoms with E-state index >= 15 is 0 Å². The third-order valence-corrected chi connectivity index (χ3v) is 3.78. The fraction of sp³-hybridized carbons (Fsp3) is 1.00. The van der Waals surface area contributed by atoms with E-state index in [-0.39, 0.29) is 0 Å². The fourth-order valence-corrected chi connectivity index (χ4v) is 2.67. The maximum atomic E-state index is 5.77. The third-order valence-electron chi connectivity index (χ3n) is 3.78. The van der Waals surface area contributed by atoms with Gasteiger partial charge in [0.2, 0.25) is 0 Å². The summed E-state index contributed by atoms with van der Waals surface area (Å²) in [5.41, 5.74) is 0. The Balaban J connectivity index is 2.37. The first-order valence-corrected chi connectivity index (χ1v) is 7.74. The van der Waals surface area contributed by atoms with E-state index in [0.717, 1.165) is 19.7 Å². The first kappa shape index (κ1) is 15.9. The molecule has 108 valence electrons. The lowest BCUT2D eigenvalue weighted by molar-refractivity contribution is 0.00218. The molecule has 0 spiro atoms. The molecule has 1 rings (SSSR count). The van der Waals surface area contributed by atoms with Gasteiger partial charge in [-0.15, -0.1) is 0 Å². The Hall–Kier alpha value is -0.120. The van der Waals surface area contributed by atoms with Crippen molar-refractivity contribution in [2.75, 3.05) is 32.8 Å². The Bertz CT molecular complexity index is 207. The van der Waals surface area contributed by atoms with Crippen molar-refractivity contribution in [1.29, 1.82) is 0 Å². The summed E-state index contributed by atoms with van der Waals surface area (Å²) in [6, 6.07) is 0.616. The molecule has 1 aliphatic rings. The summed E-state index contributed by atoms with van der Waals surface area (Å²) in [5.74, 6) is 0.698. The van der Waals surface area contributed by atoms with Crippen molar-refractivity contribution >= 4 is 0 Å². The molecular weight excluding hydrogens is 224 g/mol. The molecule has 0 aromatic heterocycles. The quantitative estimate of drug-likeness (QED) is 0.722. The predicted molar refractivity (Wildman–Crippen MR) is 78.0 cm³/mol. The molecule has 1 fully saturated rings. The molecular formula is C15H32N2O. The number of hydrogen-bond donors (Lipinski definition) is 1. The highest BCUT2D eigenvalue weighted by Gasteiger charge is 2.23. The number of hydrogen-bond acceptors (Lipinski definition) is 3. The zero-order valence-electron chi connectivity index (χ0n) is 12.7. The van der Waals surface area contributed by atoms with E-state index in [1.54, 1.807) is 0 Å². The number of likely N-dealkylation sites (tertiary alicyclic amines) is 1. The van der Waals surface area contributed by atoms with Crippen LogP contribution in [0.5, 0.6) is 0 Å². The molecule has 0 bridgehead atoms. The Labute approximate surface area is 113 Å². The highest BCUT2D eigenvalue weighted by atomic mass is 16.5. The van der Waals surface area contributed by atoms with E-state index in [1.165, 1.54) is 32.4 Å². The van der Waals surface area contributed by atoms with Crippen LogP contribution in [0.4, 0.5) is 0 Å². The molecule has 1 N–H and O–H groups in total. The van der Waals surface area contributed by atoms with E-state index < -0.39 is 0 Å². The highest BCUT2D eigenvalue weighted by Crippen LogP contribution is 2.15. The number of nitrogens with one attached hydrogen (secondary N) is 1. The number of nitrogens with zero attached hydrogens (tertiary/aromatic N) is 1. The van der Waals surface area contributed by atoms with E-state index in [0.29, 0.717) is 18.1 Å². The molecule has 1 saturated heterocycles. The van der Waals surface area contributed by atoms with Crippen molar-refractivity contribution in [1.82, 2.24) is 10.2 Å². The molecule has 1 heterocycles. The maximum absolute atomic E-state index is 5.77. The van der Waals surface area contributed by atoms with Gasteiger partial charge in [0, 0.05) is 25.7 Å². The minimum atomic E-state index is 0.461. The van der Waals surface area contributed by atoms with Gasteiger partial charge >= 0.3 is 0 Å². The van der Waals surface area contributed by atoms with Crippen molar-refractivity contribution in [3.8, 4) is 0 Å². The van der Waals surface area contributed by atoms with E-state index in [2.05, 4.69) is 37.9 Å². The average Bonchev–Trinajstić information content (AvgIpc) is 2.35.